The number of furan rings is 1. The van der Waals surface area contributed by atoms with Crippen LogP contribution in [-0.4, -0.2) is 25.8 Å². The standard InChI is InChI=1S/C14H22ClO6P/c1-5-18-14(16)13-10(4)21-12(11(13)8-15)9-22(17,19-6-2)20-7-3/h5-9H2,1-4H3. The van der Waals surface area contributed by atoms with Crippen molar-refractivity contribution in [2.75, 3.05) is 19.8 Å². The van der Waals surface area contributed by atoms with E-state index in [-0.39, 0.29) is 37.4 Å². The normalized spacial score (nSPS) is 11.7. The SMILES string of the molecule is CCOC(=O)c1c(C)oc(CP(=O)(OCC)OCC)c1CCl. The molecule has 0 saturated carbocycles. The van der Waals surface area contributed by atoms with Crippen molar-refractivity contribution in [2.24, 2.45) is 0 Å². The molecule has 0 aliphatic carbocycles. The third kappa shape index (κ3) is 4.59. The Morgan fingerprint density at radius 3 is 2.23 bits per heavy atom. The van der Waals surface area contributed by atoms with E-state index < -0.39 is 13.6 Å². The molecule has 0 bridgehead atoms. The van der Waals surface area contributed by atoms with Crippen LogP contribution in [0.4, 0.5) is 0 Å². The van der Waals surface area contributed by atoms with Crippen LogP contribution in [0.3, 0.4) is 0 Å². The topological polar surface area (TPSA) is 75.0 Å². The molecule has 0 spiro atoms. The summed E-state index contributed by atoms with van der Waals surface area (Å²) in [5.74, 6) is 0.247. The fourth-order valence-corrected chi connectivity index (χ4v) is 4.02. The maximum absolute atomic E-state index is 12.6. The Kier molecular flexibility index (Phi) is 7.63. The van der Waals surface area contributed by atoms with Crippen molar-refractivity contribution in [1.29, 1.82) is 0 Å². The fourth-order valence-electron chi connectivity index (χ4n) is 2.09. The van der Waals surface area contributed by atoms with Gasteiger partial charge in [0.05, 0.1) is 25.7 Å². The van der Waals surface area contributed by atoms with Gasteiger partial charge in [0.1, 0.15) is 23.2 Å². The molecule has 6 nitrogen and oxygen atoms in total. The summed E-state index contributed by atoms with van der Waals surface area (Å²) >= 11 is 5.94. The number of hydrogen-bond donors (Lipinski definition) is 0. The van der Waals surface area contributed by atoms with E-state index in [1.807, 2.05) is 0 Å². The van der Waals surface area contributed by atoms with Gasteiger partial charge in [-0.15, -0.1) is 11.6 Å². The van der Waals surface area contributed by atoms with E-state index >= 15 is 0 Å². The maximum atomic E-state index is 12.6. The van der Waals surface area contributed by atoms with Crippen LogP contribution in [0.2, 0.25) is 0 Å². The monoisotopic (exact) mass is 352 g/mol. The summed E-state index contributed by atoms with van der Waals surface area (Å²) in [6, 6.07) is 0. The Balaban J connectivity index is 3.17. The van der Waals surface area contributed by atoms with Crippen molar-refractivity contribution >= 4 is 25.2 Å². The van der Waals surface area contributed by atoms with Gasteiger partial charge in [0, 0.05) is 5.56 Å². The zero-order chi connectivity index (χ0) is 16.8. The smallest absolute Gasteiger partial charge is 0.342 e. The summed E-state index contributed by atoms with van der Waals surface area (Å²) in [7, 11) is -3.34. The van der Waals surface area contributed by atoms with Crippen molar-refractivity contribution in [2.45, 2.75) is 39.7 Å². The van der Waals surface area contributed by atoms with Gasteiger partial charge in [-0.3, -0.25) is 4.57 Å². The highest BCUT2D eigenvalue weighted by atomic mass is 35.5. The van der Waals surface area contributed by atoms with Crippen molar-refractivity contribution in [3.8, 4) is 0 Å². The summed E-state index contributed by atoms with van der Waals surface area (Å²) in [6.45, 7) is 7.55. The zero-order valence-electron chi connectivity index (χ0n) is 13.3. The molecular weight excluding hydrogens is 331 g/mol. The lowest BCUT2D eigenvalue weighted by atomic mass is 10.1. The largest absolute Gasteiger partial charge is 0.464 e. The van der Waals surface area contributed by atoms with E-state index in [0.29, 0.717) is 17.1 Å². The maximum Gasteiger partial charge on any atom is 0.342 e. The van der Waals surface area contributed by atoms with E-state index in [1.54, 1.807) is 27.7 Å². The van der Waals surface area contributed by atoms with Gasteiger partial charge >= 0.3 is 13.6 Å². The van der Waals surface area contributed by atoms with E-state index in [0.717, 1.165) is 0 Å². The van der Waals surface area contributed by atoms with Gasteiger partial charge in [0.2, 0.25) is 0 Å². The van der Waals surface area contributed by atoms with Gasteiger partial charge in [-0.2, -0.15) is 0 Å². The first-order valence-corrected chi connectivity index (χ1v) is 9.40. The highest BCUT2D eigenvalue weighted by molar-refractivity contribution is 7.53. The van der Waals surface area contributed by atoms with E-state index in [9.17, 15) is 9.36 Å². The molecule has 0 aliphatic heterocycles. The van der Waals surface area contributed by atoms with Crippen LogP contribution in [0.5, 0.6) is 0 Å². The second-order valence-electron chi connectivity index (χ2n) is 4.39. The second-order valence-corrected chi connectivity index (χ2v) is 6.72. The Morgan fingerprint density at radius 1 is 1.18 bits per heavy atom. The average Bonchev–Trinajstić information content (AvgIpc) is 2.74. The van der Waals surface area contributed by atoms with Gasteiger partial charge in [0.25, 0.3) is 0 Å². The number of ether oxygens (including phenoxy) is 1. The molecule has 0 atom stereocenters. The Labute approximate surface area is 135 Å². The number of alkyl halides is 1. The third-order valence-electron chi connectivity index (χ3n) is 2.87. The minimum atomic E-state index is -3.34. The molecule has 1 rings (SSSR count). The number of hydrogen-bond acceptors (Lipinski definition) is 6. The number of carbonyl (C=O) groups excluding carboxylic acids is 1. The molecule has 1 aromatic rings. The van der Waals surface area contributed by atoms with Gasteiger partial charge in [-0.05, 0) is 27.7 Å². The molecule has 0 amide bonds. The summed E-state index contributed by atoms with van der Waals surface area (Å²) in [4.78, 5) is 12.0. The van der Waals surface area contributed by atoms with Gasteiger partial charge in [0.15, 0.2) is 0 Å². The van der Waals surface area contributed by atoms with Gasteiger partial charge in [-0.25, -0.2) is 4.79 Å². The first-order valence-electron chi connectivity index (χ1n) is 7.14. The summed E-state index contributed by atoms with van der Waals surface area (Å²) in [6.07, 6.45) is -0.0724. The van der Waals surface area contributed by atoms with Crippen LogP contribution in [0.25, 0.3) is 0 Å². The van der Waals surface area contributed by atoms with Crippen LogP contribution < -0.4 is 0 Å². The highest BCUT2D eigenvalue weighted by Gasteiger charge is 2.31. The third-order valence-corrected chi connectivity index (χ3v) is 5.11. The van der Waals surface area contributed by atoms with E-state index in [1.165, 1.54) is 0 Å². The van der Waals surface area contributed by atoms with Crippen molar-refractivity contribution in [3.05, 3.63) is 22.6 Å². The number of esters is 1. The predicted octanol–water partition coefficient (Wildman–Crippen LogP) is 4.27. The second kappa shape index (κ2) is 8.73. The lowest BCUT2D eigenvalue weighted by molar-refractivity contribution is 0.0523. The number of aryl methyl sites for hydroxylation is 1. The van der Waals surface area contributed by atoms with Gasteiger partial charge < -0.3 is 18.2 Å². The molecule has 8 heteroatoms. The Hall–Kier alpha value is -0.810. The molecule has 0 saturated heterocycles. The first kappa shape index (κ1) is 19.2. The Bertz CT molecular complexity index is 544. The van der Waals surface area contributed by atoms with E-state index in [2.05, 4.69) is 0 Å². The molecule has 0 N–H and O–H groups in total. The van der Waals surface area contributed by atoms with Crippen LogP contribution in [-0.2, 0) is 30.4 Å². The van der Waals surface area contributed by atoms with Crippen LogP contribution >= 0.6 is 19.2 Å². The van der Waals surface area contributed by atoms with Crippen molar-refractivity contribution in [3.63, 3.8) is 0 Å². The quantitative estimate of drug-likeness (QED) is 0.375. The van der Waals surface area contributed by atoms with Crippen LogP contribution in [0.1, 0.15) is 48.2 Å². The molecule has 0 radical (unpaired) electrons. The van der Waals surface area contributed by atoms with Crippen molar-refractivity contribution in [1.82, 2.24) is 0 Å². The predicted molar refractivity (Wildman–Crippen MR) is 83.5 cm³/mol. The molecule has 0 fully saturated rings. The molecule has 0 aliphatic rings. The zero-order valence-corrected chi connectivity index (χ0v) is 15.0. The molecule has 22 heavy (non-hydrogen) atoms. The van der Waals surface area contributed by atoms with Gasteiger partial charge in [-0.1, -0.05) is 0 Å². The molecule has 126 valence electrons. The molecular formula is C14H22ClO6P. The van der Waals surface area contributed by atoms with Crippen LogP contribution in [0, 0.1) is 6.92 Å². The number of rotatable bonds is 9. The highest BCUT2D eigenvalue weighted by Crippen LogP contribution is 2.52. The Morgan fingerprint density at radius 2 is 1.77 bits per heavy atom. The average molecular weight is 353 g/mol. The number of carbonyl (C=O) groups is 1. The lowest BCUT2D eigenvalue weighted by Gasteiger charge is -2.16. The lowest BCUT2D eigenvalue weighted by Crippen LogP contribution is -2.08. The molecule has 1 aromatic heterocycles. The van der Waals surface area contributed by atoms with Crippen LogP contribution in [0.15, 0.2) is 4.42 Å². The minimum Gasteiger partial charge on any atom is -0.464 e. The molecule has 0 unspecified atom stereocenters. The summed E-state index contributed by atoms with van der Waals surface area (Å²) in [5, 5.41) is 0. The summed E-state index contributed by atoms with van der Waals surface area (Å²) in [5.41, 5.74) is 0.753. The first-order chi connectivity index (χ1) is 10.4. The summed E-state index contributed by atoms with van der Waals surface area (Å²) < 4.78 is 33.7. The molecule has 1 heterocycles. The molecule has 0 aromatic carbocycles. The minimum absolute atomic E-state index is 0.0407. The fraction of sp³-hybridized carbons (Fsp3) is 0.643. The van der Waals surface area contributed by atoms with E-state index in [4.69, 9.17) is 29.8 Å². The number of halogens is 1. The van der Waals surface area contributed by atoms with Crippen molar-refractivity contribution < 1.29 is 27.6 Å².